The lowest BCUT2D eigenvalue weighted by Gasteiger charge is -2.21. The Morgan fingerprint density at radius 3 is 2.74 bits per heavy atom. The van der Waals surface area contributed by atoms with Crippen molar-refractivity contribution in [2.24, 2.45) is 0 Å². The van der Waals surface area contributed by atoms with Gasteiger partial charge in [-0.1, -0.05) is 17.7 Å². The van der Waals surface area contributed by atoms with Gasteiger partial charge in [0.1, 0.15) is 5.75 Å². The summed E-state index contributed by atoms with van der Waals surface area (Å²) >= 11 is 7.53. The number of halogens is 1. The second-order valence-electron chi connectivity index (χ2n) is 4.18. The van der Waals surface area contributed by atoms with E-state index >= 15 is 0 Å². The predicted octanol–water partition coefficient (Wildman–Crippen LogP) is 4.02. The third-order valence-corrected chi connectivity index (χ3v) is 3.99. The van der Waals surface area contributed by atoms with Gasteiger partial charge in [0.05, 0.1) is 28.9 Å². The molecular weight excluding hydrogens is 280 g/mol. The smallest absolute Gasteiger partial charge is 0.144 e. The van der Waals surface area contributed by atoms with E-state index in [0.717, 1.165) is 22.3 Å². The topological polar surface area (TPSA) is 38.5 Å². The summed E-state index contributed by atoms with van der Waals surface area (Å²) in [6.07, 6.45) is 0. The summed E-state index contributed by atoms with van der Waals surface area (Å²) in [7, 11) is 2.01. The number of hydrogen-bond acceptors (Lipinski definition) is 4. The number of nitrogen functional groups attached to an aromatic ring is 1. The Kier molecular flexibility index (Phi) is 4.56. The molecule has 2 aromatic rings. The molecular formula is C14H17ClN2OS. The second-order valence-corrected chi connectivity index (χ2v) is 5.98. The van der Waals surface area contributed by atoms with Crippen LogP contribution in [0, 0.1) is 0 Å². The number of rotatable bonds is 5. The summed E-state index contributed by atoms with van der Waals surface area (Å²) < 4.78 is 6.32. The number of ether oxygens (including phenoxy) is 1. The van der Waals surface area contributed by atoms with Crippen molar-refractivity contribution in [2.75, 3.05) is 24.3 Å². The Hall–Kier alpha value is -1.39. The molecule has 0 unspecified atom stereocenters. The van der Waals surface area contributed by atoms with Gasteiger partial charge in [0.2, 0.25) is 0 Å². The summed E-state index contributed by atoms with van der Waals surface area (Å²) in [4.78, 5) is 3.30. The van der Waals surface area contributed by atoms with E-state index in [1.165, 1.54) is 4.88 Å². The van der Waals surface area contributed by atoms with Crippen LogP contribution >= 0.6 is 22.9 Å². The summed E-state index contributed by atoms with van der Waals surface area (Å²) in [6, 6.07) is 9.78. The van der Waals surface area contributed by atoms with Gasteiger partial charge in [-0.2, -0.15) is 0 Å². The molecule has 1 heterocycles. The molecule has 0 amide bonds. The lowest BCUT2D eigenvalue weighted by Crippen LogP contribution is -2.17. The molecule has 0 aliphatic carbocycles. The SMILES string of the molecule is CCOc1cccc(N(C)Cc2ccc(Cl)s2)c1N. The highest BCUT2D eigenvalue weighted by molar-refractivity contribution is 7.16. The van der Waals surface area contributed by atoms with Gasteiger partial charge in [-0.05, 0) is 31.2 Å². The first-order chi connectivity index (χ1) is 9.11. The van der Waals surface area contributed by atoms with Gasteiger partial charge in [0.15, 0.2) is 0 Å². The monoisotopic (exact) mass is 296 g/mol. The largest absolute Gasteiger partial charge is 0.492 e. The minimum absolute atomic E-state index is 0.609. The maximum atomic E-state index is 6.14. The fourth-order valence-corrected chi connectivity index (χ4v) is 3.04. The predicted molar refractivity (Wildman–Crippen MR) is 83.5 cm³/mol. The van der Waals surface area contributed by atoms with Crippen molar-refractivity contribution in [2.45, 2.75) is 13.5 Å². The molecule has 0 saturated carbocycles. The fraction of sp³-hybridized carbons (Fsp3) is 0.286. The van der Waals surface area contributed by atoms with E-state index in [-0.39, 0.29) is 0 Å². The maximum absolute atomic E-state index is 6.14. The van der Waals surface area contributed by atoms with Crippen LogP contribution in [-0.2, 0) is 6.54 Å². The summed E-state index contributed by atoms with van der Waals surface area (Å²) in [6.45, 7) is 3.33. The zero-order valence-corrected chi connectivity index (χ0v) is 12.6. The van der Waals surface area contributed by atoms with E-state index in [9.17, 15) is 0 Å². The lowest BCUT2D eigenvalue weighted by atomic mass is 10.2. The van der Waals surface area contributed by atoms with Gasteiger partial charge in [-0.3, -0.25) is 0 Å². The molecule has 0 spiro atoms. The molecule has 2 rings (SSSR count). The first kappa shape index (κ1) is 14.0. The molecule has 0 bridgehead atoms. The van der Waals surface area contributed by atoms with Crippen LogP contribution in [0.1, 0.15) is 11.8 Å². The number of benzene rings is 1. The zero-order chi connectivity index (χ0) is 13.8. The van der Waals surface area contributed by atoms with Gasteiger partial charge in [-0.15, -0.1) is 11.3 Å². The van der Waals surface area contributed by atoms with Crippen molar-refractivity contribution < 1.29 is 4.74 Å². The first-order valence-corrected chi connectivity index (χ1v) is 7.28. The Balaban J connectivity index is 2.18. The number of nitrogens with zero attached hydrogens (tertiary/aromatic N) is 1. The Bertz CT molecular complexity index is 556. The first-order valence-electron chi connectivity index (χ1n) is 6.08. The van der Waals surface area contributed by atoms with Crippen molar-refractivity contribution in [1.29, 1.82) is 0 Å². The molecule has 2 N–H and O–H groups in total. The van der Waals surface area contributed by atoms with E-state index in [1.807, 2.05) is 44.3 Å². The van der Waals surface area contributed by atoms with Crippen LogP contribution in [0.2, 0.25) is 4.34 Å². The van der Waals surface area contributed by atoms with E-state index in [2.05, 4.69) is 4.90 Å². The Morgan fingerprint density at radius 2 is 2.11 bits per heavy atom. The molecule has 1 aromatic carbocycles. The van der Waals surface area contributed by atoms with Crippen LogP contribution in [0.5, 0.6) is 5.75 Å². The maximum Gasteiger partial charge on any atom is 0.144 e. The quantitative estimate of drug-likeness (QED) is 0.847. The van der Waals surface area contributed by atoms with Gasteiger partial charge in [0, 0.05) is 11.9 Å². The molecule has 0 aliphatic rings. The standard InChI is InChI=1S/C14H17ClN2OS/c1-3-18-12-6-4-5-11(14(12)16)17(2)9-10-7-8-13(15)19-10/h4-8H,3,9,16H2,1-2H3. The third-order valence-electron chi connectivity index (χ3n) is 2.78. The lowest BCUT2D eigenvalue weighted by molar-refractivity contribution is 0.342. The molecule has 0 aliphatic heterocycles. The van der Waals surface area contributed by atoms with E-state index in [4.69, 9.17) is 22.1 Å². The van der Waals surface area contributed by atoms with E-state index < -0.39 is 0 Å². The Morgan fingerprint density at radius 1 is 1.32 bits per heavy atom. The third kappa shape index (κ3) is 3.33. The number of hydrogen-bond donors (Lipinski definition) is 1. The van der Waals surface area contributed by atoms with E-state index in [0.29, 0.717) is 12.3 Å². The van der Waals surface area contributed by atoms with Crippen LogP contribution in [0.4, 0.5) is 11.4 Å². The number of thiophene rings is 1. The second kappa shape index (κ2) is 6.17. The van der Waals surface area contributed by atoms with Crippen LogP contribution in [0.25, 0.3) is 0 Å². The molecule has 0 radical (unpaired) electrons. The minimum Gasteiger partial charge on any atom is -0.492 e. The molecule has 0 atom stereocenters. The summed E-state index contributed by atoms with van der Waals surface area (Å²) in [5.74, 6) is 0.732. The van der Waals surface area contributed by atoms with Gasteiger partial charge >= 0.3 is 0 Å². The highest BCUT2D eigenvalue weighted by atomic mass is 35.5. The molecule has 1 aromatic heterocycles. The summed E-state index contributed by atoms with van der Waals surface area (Å²) in [5, 5.41) is 0. The van der Waals surface area contributed by atoms with Crippen LogP contribution < -0.4 is 15.4 Å². The van der Waals surface area contributed by atoms with Gasteiger partial charge in [-0.25, -0.2) is 0 Å². The molecule has 0 saturated heterocycles. The Labute approximate surface area is 122 Å². The molecule has 3 nitrogen and oxygen atoms in total. The van der Waals surface area contributed by atoms with E-state index in [1.54, 1.807) is 11.3 Å². The molecule has 0 fully saturated rings. The van der Waals surface area contributed by atoms with Crippen molar-refractivity contribution in [3.05, 3.63) is 39.5 Å². The molecule has 5 heteroatoms. The van der Waals surface area contributed by atoms with Gasteiger partial charge in [0.25, 0.3) is 0 Å². The average molecular weight is 297 g/mol. The van der Waals surface area contributed by atoms with Crippen molar-refractivity contribution >= 4 is 34.3 Å². The number of para-hydroxylation sites is 1. The van der Waals surface area contributed by atoms with Crippen LogP contribution in [0.3, 0.4) is 0 Å². The average Bonchev–Trinajstić information content (AvgIpc) is 2.77. The number of nitrogens with two attached hydrogens (primary N) is 1. The molecule has 19 heavy (non-hydrogen) atoms. The zero-order valence-electron chi connectivity index (χ0n) is 11.0. The fourth-order valence-electron chi connectivity index (χ4n) is 1.90. The van der Waals surface area contributed by atoms with Gasteiger partial charge < -0.3 is 15.4 Å². The van der Waals surface area contributed by atoms with Crippen LogP contribution in [0.15, 0.2) is 30.3 Å². The van der Waals surface area contributed by atoms with Crippen molar-refractivity contribution in [3.8, 4) is 5.75 Å². The van der Waals surface area contributed by atoms with Crippen molar-refractivity contribution in [3.63, 3.8) is 0 Å². The molecule has 102 valence electrons. The normalized spacial score (nSPS) is 10.5. The number of anilines is 2. The highest BCUT2D eigenvalue weighted by Gasteiger charge is 2.11. The summed E-state index contributed by atoms with van der Waals surface area (Å²) in [5.41, 5.74) is 7.78. The minimum atomic E-state index is 0.609. The van der Waals surface area contributed by atoms with Crippen LogP contribution in [-0.4, -0.2) is 13.7 Å². The highest BCUT2D eigenvalue weighted by Crippen LogP contribution is 2.33. The van der Waals surface area contributed by atoms with Crippen molar-refractivity contribution in [1.82, 2.24) is 0 Å².